The fourth-order valence-corrected chi connectivity index (χ4v) is 13.1. The number of hydrogen-bond acceptors (Lipinski definition) is 0. The van der Waals surface area contributed by atoms with E-state index in [-0.39, 0.29) is 10.1 Å². The van der Waals surface area contributed by atoms with Crippen LogP contribution in [-0.4, -0.2) is 32.3 Å². The Morgan fingerprint density at radius 1 is 0.634 bits per heavy atom. The minimum atomic E-state index is -1.11. The van der Waals surface area contributed by atoms with Crippen LogP contribution in [0, 0.1) is 0 Å². The Morgan fingerprint density at radius 2 is 0.976 bits per heavy atom. The maximum Gasteiger partial charge on any atom is 2.00 e. The number of benzene rings is 2. The van der Waals surface area contributed by atoms with Gasteiger partial charge in [-0.3, -0.25) is 0 Å². The monoisotopic (exact) mass is 587 g/mol. The summed E-state index contributed by atoms with van der Waals surface area (Å²) >= 11 is 0. The minimum Gasteiger partial charge on any atom is -0.668 e. The molecule has 41 heavy (non-hydrogen) atoms. The minimum absolute atomic E-state index is 0. The molecule has 0 aliphatic heterocycles. The van der Waals surface area contributed by atoms with Crippen LogP contribution in [0.2, 0.25) is 39.3 Å². The molecule has 0 radical (unpaired) electrons. The summed E-state index contributed by atoms with van der Waals surface area (Å²) in [4.78, 5) is 3.71. The fourth-order valence-electron chi connectivity index (χ4n) is 5.10. The standard InChI is InChI=1S/C29H41N2.C6H18NSi2.Be/c1-18(2)24-13-11-14-25(19(3)4)28(24)30-22(9)17-23(10)31-29-26(20(5)6)15-12-16-27(29)21(7)8;1-8(2,3)7-9(4,5)6;/h11-21H,1-10H3;1-6H3;/q2*-1;+2/p+1/b22-17-,31-23?;;. The molecule has 0 bridgehead atoms. The first-order valence-corrected chi connectivity index (χ1v) is 22.1. The Morgan fingerprint density at radius 3 is 1.27 bits per heavy atom. The van der Waals surface area contributed by atoms with Gasteiger partial charge < -0.3 is 9.96 Å². The van der Waals surface area contributed by atoms with Crippen LogP contribution in [0.5, 0.6) is 0 Å². The number of rotatable bonds is 10. The van der Waals surface area contributed by atoms with Crippen molar-refractivity contribution < 1.29 is 4.99 Å². The fraction of sp³-hybridized carbons (Fsp3) is 0.571. The molecule has 0 atom stereocenters. The quantitative estimate of drug-likeness (QED) is 0.212. The van der Waals surface area contributed by atoms with Crippen LogP contribution in [0.15, 0.2) is 48.2 Å². The van der Waals surface area contributed by atoms with E-state index in [9.17, 15) is 0 Å². The van der Waals surface area contributed by atoms with Crippen molar-refractivity contribution in [2.75, 3.05) is 0 Å². The largest absolute Gasteiger partial charge is 2.00 e. The van der Waals surface area contributed by atoms with Crippen molar-refractivity contribution in [2.45, 2.75) is 132 Å². The summed E-state index contributed by atoms with van der Waals surface area (Å²) in [6.07, 6.45) is 2.17. The van der Waals surface area contributed by atoms with Gasteiger partial charge in [0.25, 0.3) is 0 Å². The second kappa shape index (κ2) is 16.7. The normalized spacial score (nSPS) is 13.0. The van der Waals surface area contributed by atoms with Gasteiger partial charge in [0.05, 0.1) is 0 Å². The molecule has 0 aromatic heterocycles. The number of para-hydroxylation sites is 2. The molecule has 0 unspecified atom stereocenters. The van der Waals surface area contributed by atoms with E-state index >= 15 is 0 Å². The summed E-state index contributed by atoms with van der Waals surface area (Å²) in [5.74, 6) is 1.82. The molecule has 0 heterocycles. The van der Waals surface area contributed by atoms with Gasteiger partial charge in [-0.05, 0) is 29.7 Å². The van der Waals surface area contributed by atoms with Crippen molar-refractivity contribution in [1.82, 2.24) is 0 Å². The Hall–Kier alpha value is -1.79. The van der Waals surface area contributed by atoms with Gasteiger partial charge >= 0.3 is 10.1 Å². The van der Waals surface area contributed by atoms with E-state index in [1.807, 2.05) is 0 Å². The van der Waals surface area contributed by atoms with Gasteiger partial charge in [-0.2, -0.15) is 5.70 Å². The molecule has 0 spiro atoms. The van der Waals surface area contributed by atoms with Crippen LogP contribution in [0.1, 0.15) is 115 Å². The molecular formula is C35H60BeN3Si2+. The Kier molecular flexibility index (Phi) is 16.0. The van der Waals surface area contributed by atoms with E-state index < -0.39 is 16.5 Å². The molecule has 0 aliphatic carbocycles. The van der Waals surface area contributed by atoms with Gasteiger partial charge in [-0.1, -0.05) is 166 Å². The van der Waals surface area contributed by atoms with E-state index in [2.05, 4.69) is 156 Å². The van der Waals surface area contributed by atoms with Crippen LogP contribution < -0.4 is 4.99 Å². The van der Waals surface area contributed by atoms with Gasteiger partial charge in [0, 0.05) is 18.1 Å². The summed E-state index contributed by atoms with van der Waals surface area (Å²) in [6.45, 7) is 36.0. The zero-order valence-electron chi connectivity index (χ0n) is 29.5. The Labute approximate surface area is 260 Å². The molecule has 0 amide bonds. The average Bonchev–Trinajstić information content (AvgIpc) is 2.76. The third-order valence-electron chi connectivity index (χ3n) is 6.42. The molecule has 2 aromatic rings. The summed E-state index contributed by atoms with van der Waals surface area (Å²) < 4.78 is 4.82. The number of hydrogen-bond donors (Lipinski definition) is 1. The molecule has 1 N–H and O–H groups in total. The first kappa shape index (κ1) is 39.2. The summed E-state index contributed by atoms with van der Waals surface area (Å²) in [5.41, 5.74) is 9.88. The van der Waals surface area contributed by atoms with Gasteiger partial charge in [0.15, 0.2) is 5.71 Å². The van der Waals surface area contributed by atoms with Crippen molar-refractivity contribution in [3.05, 3.63) is 80.4 Å². The molecular weight excluding hydrogens is 528 g/mol. The smallest absolute Gasteiger partial charge is 0.668 e. The zero-order chi connectivity index (χ0) is 31.0. The summed E-state index contributed by atoms with van der Waals surface area (Å²) in [7, 11) is -2.21. The van der Waals surface area contributed by atoms with Gasteiger partial charge in [0.1, 0.15) is 0 Å². The average molecular weight is 588 g/mol. The van der Waals surface area contributed by atoms with E-state index in [0.29, 0.717) is 23.7 Å². The Balaban J connectivity index is 0.00000138. The molecule has 6 heteroatoms. The molecule has 0 saturated heterocycles. The maximum atomic E-state index is 5.10. The molecule has 2 aromatic carbocycles. The van der Waals surface area contributed by atoms with Crippen molar-refractivity contribution >= 4 is 43.7 Å². The van der Waals surface area contributed by atoms with E-state index in [4.69, 9.17) is 9.96 Å². The van der Waals surface area contributed by atoms with Crippen molar-refractivity contribution in [2.24, 2.45) is 0 Å². The van der Waals surface area contributed by atoms with Gasteiger partial charge in [-0.25, -0.2) is 4.99 Å². The van der Waals surface area contributed by atoms with E-state index in [1.165, 1.54) is 27.9 Å². The van der Waals surface area contributed by atoms with Crippen molar-refractivity contribution in [3.63, 3.8) is 0 Å². The molecule has 0 fully saturated rings. The van der Waals surface area contributed by atoms with Crippen molar-refractivity contribution in [1.29, 1.82) is 0 Å². The predicted octanol–water partition coefficient (Wildman–Crippen LogP) is 10.6. The van der Waals surface area contributed by atoms with Crippen molar-refractivity contribution in [3.8, 4) is 0 Å². The number of nitrogens with zero attached hydrogens (tertiary/aromatic N) is 2. The summed E-state index contributed by atoms with van der Waals surface area (Å²) in [6, 6.07) is 13.2. The van der Waals surface area contributed by atoms with Crippen LogP contribution >= 0.6 is 0 Å². The van der Waals surface area contributed by atoms with Gasteiger partial charge in [0.2, 0.25) is 5.69 Å². The first-order chi connectivity index (χ1) is 18.2. The molecule has 224 valence electrons. The van der Waals surface area contributed by atoms with Crippen LogP contribution in [-0.2, 0) is 0 Å². The zero-order valence-corrected chi connectivity index (χ0v) is 31.5. The number of nitrogens with one attached hydrogen (secondary N) is 1. The molecule has 3 nitrogen and oxygen atoms in total. The van der Waals surface area contributed by atoms with Crippen LogP contribution in [0.25, 0.3) is 9.96 Å². The maximum absolute atomic E-state index is 5.10. The molecule has 0 saturated carbocycles. The third kappa shape index (κ3) is 13.8. The van der Waals surface area contributed by atoms with Crippen LogP contribution in [0.4, 0.5) is 11.4 Å². The van der Waals surface area contributed by atoms with E-state index in [0.717, 1.165) is 17.1 Å². The summed E-state index contributed by atoms with van der Waals surface area (Å²) in [5, 5.41) is 5.10. The topological polar surface area (TPSA) is 42.2 Å². The van der Waals surface area contributed by atoms with Crippen LogP contribution in [0.3, 0.4) is 0 Å². The second-order valence-electron chi connectivity index (χ2n) is 14.4. The first-order valence-electron chi connectivity index (χ1n) is 15.2. The number of allylic oxidation sites excluding steroid dienone is 2. The Bertz CT molecular complexity index is 1090. The molecule has 0 aliphatic rings. The predicted molar refractivity (Wildman–Crippen MR) is 193 cm³/mol. The third-order valence-corrected chi connectivity index (χ3v) is 11.8. The SMILES string of the molecule is CC(/C=C(/C)[N-]c1c(C(C)C)cccc1C(C)C)=[NH+]c1c(C(C)C)cccc1C(C)C.C[Si](C)(C)[N-][Si](C)(C)C.[Be+2]. The van der Waals surface area contributed by atoms with Gasteiger partial charge in [-0.15, -0.1) is 5.69 Å². The van der Waals surface area contributed by atoms with E-state index in [1.54, 1.807) is 0 Å². The second-order valence-corrected chi connectivity index (χ2v) is 24.0. The molecule has 2 rings (SSSR count).